The van der Waals surface area contributed by atoms with E-state index < -0.39 is 0 Å². The van der Waals surface area contributed by atoms with E-state index in [4.69, 9.17) is 19.2 Å². The Morgan fingerprint density at radius 2 is 1.81 bits per heavy atom. The van der Waals surface area contributed by atoms with E-state index in [0.29, 0.717) is 32.3 Å². The van der Waals surface area contributed by atoms with Gasteiger partial charge in [-0.15, -0.1) is 0 Å². The molecular formula is C24H30N4O4. The van der Waals surface area contributed by atoms with Crippen LogP contribution in [0.5, 0.6) is 17.2 Å². The van der Waals surface area contributed by atoms with Crippen LogP contribution in [0, 0.1) is 0 Å². The molecule has 2 aliphatic heterocycles. The molecule has 0 aromatic heterocycles. The minimum Gasteiger partial charge on any atom is -0.493 e. The fourth-order valence-corrected chi connectivity index (χ4v) is 3.67. The van der Waals surface area contributed by atoms with E-state index in [1.54, 1.807) is 19.0 Å². The van der Waals surface area contributed by atoms with Gasteiger partial charge in [0.15, 0.2) is 17.5 Å². The summed E-state index contributed by atoms with van der Waals surface area (Å²) in [5, 5.41) is 6.66. The number of ether oxygens (including phenoxy) is 3. The standard InChI is InChI=1S/C24H30N4O4/c1-28(2)22(29)16-26-24(27-19-11-14-31-20-9-4-3-8-18(19)20)25-15-17-7-5-10-21-23(17)32-13-6-12-30-21/h3-5,7-10,19H,6,11-16H2,1-2H3,(H2,25,26,27). The number of nitrogens with zero attached hydrogens (tertiary/aromatic N) is 2. The van der Waals surface area contributed by atoms with Gasteiger partial charge in [-0.25, -0.2) is 4.99 Å². The maximum absolute atomic E-state index is 12.2. The third-order valence-electron chi connectivity index (χ3n) is 5.44. The van der Waals surface area contributed by atoms with Crippen LogP contribution in [0.15, 0.2) is 47.5 Å². The zero-order valence-corrected chi connectivity index (χ0v) is 18.6. The smallest absolute Gasteiger partial charge is 0.241 e. The largest absolute Gasteiger partial charge is 0.493 e. The van der Waals surface area contributed by atoms with Crippen molar-refractivity contribution in [1.29, 1.82) is 0 Å². The summed E-state index contributed by atoms with van der Waals surface area (Å²) in [4.78, 5) is 18.5. The molecule has 0 fully saturated rings. The highest BCUT2D eigenvalue weighted by Crippen LogP contribution is 2.34. The second kappa shape index (κ2) is 10.3. The minimum atomic E-state index is -0.0304. The van der Waals surface area contributed by atoms with E-state index in [1.807, 2.05) is 36.4 Å². The van der Waals surface area contributed by atoms with Gasteiger partial charge in [-0.3, -0.25) is 4.79 Å². The molecule has 0 saturated heterocycles. The maximum Gasteiger partial charge on any atom is 0.241 e. The third-order valence-corrected chi connectivity index (χ3v) is 5.44. The number of carbonyl (C=O) groups excluding carboxylic acids is 1. The van der Waals surface area contributed by atoms with Crippen LogP contribution in [0.4, 0.5) is 0 Å². The Labute approximate surface area is 188 Å². The first-order valence-corrected chi connectivity index (χ1v) is 11.0. The van der Waals surface area contributed by atoms with E-state index in [9.17, 15) is 4.79 Å². The molecule has 4 rings (SSSR count). The second-order valence-corrected chi connectivity index (χ2v) is 7.97. The lowest BCUT2D eigenvalue weighted by molar-refractivity contribution is -0.127. The quantitative estimate of drug-likeness (QED) is 0.551. The Bertz CT molecular complexity index is 976. The molecule has 0 aliphatic carbocycles. The van der Waals surface area contributed by atoms with Crippen molar-refractivity contribution < 1.29 is 19.0 Å². The first kappa shape index (κ1) is 21.8. The van der Waals surface area contributed by atoms with Crippen LogP contribution >= 0.6 is 0 Å². The summed E-state index contributed by atoms with van der Waals surface area (Å²) in [6.07, 6.45) is 1.65. The van der Waals surface area contributed by atoms with Gasteiger partial charge in [0.25, 0.3) is 0 Å². The normalized spacial score (nSPS) is 17.4. The average molecular weight is 439 g/mol. The van der Waals surface area contributed by atoms with Gasteiger partial charge in [0.2, 0.25) is 5.91 Å². The highest BCUT2D eigenvalue weighted by Gasteiger charge is 2.22. The van der Waals surface area contributed by atoms with Crippen LogP contribution in [0.3, 0.4) is 0 Å². The molecule has 170 valence electrons. The fraction of sp³-hybridized carbons (Fsp3) is 0.417. The van der Waals surface area contributed by atoms with Crippen molar-refractivity contribution >= 4 is 11.9 Å². The third kappa shape index (κ3) is 5.25. The number of rotatable bonds is 5. The number of nitrogens with one attached hydrogen (secondary N) is 2. The SMILES string of the molecule is CN(C)C(=O)CNC(=NCc1cccc2c1OCCCO2)NC1CCOc2ccccc21. The Morgan fingerprint density at radius 3 is 2.69 bits per heavy atom. The Hall–Kier alpha value is -3.42. The van der Waals surface area contributed by atoms with Crippen molar-refractivity contribution in [2.24, 2.45) is 4.99 Å². The molecule has 8 heteroatoms. The molecule has 2 aliphatic rings. The average Bonchev–Trinajstić information content (AvgIpc) is 3.06. The predicted molar refractivity (Wildman–Crippen MR) is 122 cm³/mol. The summed E-state index contributed by atoms with van der Waals surface area (Å²) in [6.45, 7) is 2.42. The van der Waals surface area contributed by atoms with Gasteiger partial charge in [-0.05, 0) is 12.1 Å². The van der Waals surface area contributed by atoms with Crippen LogP contribution in [-0.4, -0.2) is 57.2 Å². The van der Waals surface area contributed by atoms with Gasteiger partial charge in [0.05, 0.1) is 39.0 Å². The summed E-state index contributed by atoms with van der Waals surface area (Å²) in [7, 11) is 3.47. The topological polar surface area (TPSA) is 84.4 Å². The number of hydrogen-bond acceptors (Lipinski definition) is 5. The molecule has 2 N–H and O–H groups in total. The highest BCUT2D eigenvalue weighted by molar-refractivity contribution is 5.86. The zero-order valence-electron chi connectivity index (χ0n) is 18.6. The van der Waals surface area contributed by atoms with Crippen LogP contribution < -0.4 is 24.8 Å². The number of hydrogen-bond donors (Lipinski definition) is 2. The van der Waals surface area contributed by atoms with Gasteiger partial charge < -0.3 is 29.7 Å². The summed E-state index contributed by atoms with van der Waals surface area (Å²) < 4.78 is 17.5. The number of aliphatic imine (C=N–C) groups is 1. The van der Waals surface area contributed by atoms with Crippen LogP contribution in [-0.2, 0) is 11.3 Å². The second-order valence-electron chi connectivity index (χ2n) is 7.97. The van der Waals surface area contributed by atoms with Crippen molar-refractivity contribution in [3.8, 4) is 17.2 Å². The van der Waals surface area contributed by atoms with Crippen molar-refractivity contribution in [2.75, 3.05) is 40.5 Å². The van der Waals surface area contributed by atoms with Crippen molar-refractivity contribution in [3.63, 3.8) is 0 Å². The fourth-order valence-electron chi connectivity index (χ4n) is 3.67. The minimum absolute atomic E-state index is 0.0304. The first-order valence-electron chi connectivity index (χ1n) is 11.0. The molecule has 2 aromatic carbocycles. The maximum atomic E-state index is 12.2. The molecule has 0 bridgehead atoms. The highest BCUT2D eigenvalue weighted by atomic mass is 16.5. The molecule has 32 heavy (non-hydrogen) atoms. The summed E-state index contributed by atoms with van der Waals surface area (Å²) in [5.74, 6) is 2.90. The first-order chi connectivity index (χ1) is 15.6. The molecule has 0 radical (unpaired) electrons. The molecule has 1 atom stereocenters. The molecule has 2 aromatic rings. The summed E-state index contributed by atoms with van der Waals surface area (Å²) in [6, 6.07) is 13.9. The van der Waals surface area contributed by atoms with Gasteiger partial charge in [-0.1, -0.05) is 30.3 Å². The Balaban J connectivity index is 1.55. The molecule has 1 unspecified atom stereocenters. The Morgan fingerprint density at radius 1 is 1.03 bits per heavy atom. The van der Waals surface area contributed by atoms with Gasteiger partial charge >= 0.3 is 0 Å². The molecule has 2 heterocycles. The number of fused-ring (bicyclic) bond motifs is 2. The van der Waals surface area contributed by atoms with Crippen molar-refractivity contribution in [3.05, 3.63) is 53.6 Å². The number of guanidine groups is 1. The van der Waals surface area contributed by atoms with Crippen LogP contribution in [0.1, 0.15) is 30.0 Å². The molecule has 0 spiro atoms. The molecule has 1 amide bonds. The Kier molecular flexibility index (Phi) is 6.99. The van der Waals surface area contributed by atoms with E-state index >= 15 is 0 Å². The van der Waals surface area contributed by atoms with Gasteiger partial charge in [0.1, 0.15) is 5.75 Å². The number of benzene rings is 2. The summed E-state index contributed by atoms with van der Waals surface area (Å²) in [5.41, 5.74) is 2.02. The number of carbonyl (C=O) groups is 1. The van der Waals surface area contributed by atoms with Crippen molar-refractivity contribution in [1.82, 2.24) is 15.5 Å². The number of amides is 1. The van der Waals surface area contributed by atoms with Crippen molar-refractivity contribution in [2.45, 2.75) is 25.4 Å². The molecular weight excluding hydrogens is 408 g/mol. The lowest BCUT2D eigenvalue weighted by atomic mass is 10.0. The van der Waals surface area contributed by atoms with E-state index in [1.165, 1.54) is 0 Å². The summed E-state index contributed by atoms with van der Waals surface area (Å²) >= 11 is 0. The molecule has 8 nitrogen and oxygen atoms in total. The predicted octanol–water partition coefficient (Wildman–Crippen LogP) is 2.50. The van der Waals surface area contributed by atoms with Crippen LogP contribution in [0.2, 0.25) is 0 Å². The van der Waals surface area contributed by atoms with E-state index in [0.717, 1.165) is 41.2 Å². The monoisotopic (exact) mass is 438 g/mol. The van der Waals surface area contributed by atoms with Crippen LogP contribution in [0.25, 0.3) is 0 Å². The lowest BCUT2D eigenvalue weighted by Crippen LogP contribution is -2.45. The van der Waals surface area contributed by atoms with Gasteiger partial charge in [-0.2, -0.15) is 0 Å². The van der Waals surface area contributed by atoms with E-state index in [-0.39, 0.29) is 18.5 Å². The lowest BCUT2D eigenvalue weighted by Gasteiger charge is -2.28. The number of likely N-dealkylation sites (N-methyl/N-ethyl adjacent to an activating group) is 1. The molecule has 0 saturated carbocycles. The zero-order chi connectivity index (χ0) is 22.3. The van der Waals surface area contributed by atoms with Gasteiger partial charge in [0, 0.05) is 38.1 Å². The number of para-hydroxylation sites is 2. The van der Waals surface area contributed by atoms with E-state index in [2.05, 4.69) is 16.7 Å².